The van der Waals surface area contributed by atoms with E-state index in [0.29, 0.717) is 12.5 Å². The van der Waals surface area contributed by atoms with Crippen molar-refractivity contribution in [3.63, 3.8) is 0 Å². The van der Waals surface area contributed by atoms with E-state index in [2.05, 4.69) is 4.72 Å². The minimum Gasteiger partial charge on any atom is -0.478 e. The van der Waals surface area contributed by atoms with Crippen LogP contribution in [0.1, 0.15) is 31.1 Å². The normalized spacial score (nSPS) is 13.4. The largest absolute Gasteiger partial charge is 0.478 e. The molecule has 0 saturated heterocycles. The molecule has 0 bridgehead atoms. The van der Waals surface area contributed by atoms with Crippen molar-refractivity contribution in [2.45, 2.75) is 25.7 Å². The third-order valence-electron chi connectivity index (χ3n) is 3.28. The minimum atomic E-state index is -3.73. The first-order chi connectivity index (χ1) is 9.15. The fourth-order valence-electron chi connectivity index (χ4n) is 1.48. The Labute approximate surface area is 119 Å². The molecule has 1 unspecified atom stereocenters. The van der Waals surface area contributed by atoms with Gasteiger partial charge in [0.05, 0.1) is 11.3 Å². The van der Waals surface area contributed by atoms with Crippen LogP contribution in [-0.2, 0) is 10.0 Å². The second-order valence-corrected chi connectivity index (χ2v) is 6.87. The summed E-state index contributed by atoms with van der Waals surface area (Å²) < 4.78 is 26.7. The molecule has 0 aliphatic heterocycles. The lowest BCUT2D eigenvalue weighted by Crippen LogP contribution is -2.30. The summed E-state index contributed by atoms with van der Waals surface area (Å²) in [6.07, 6.45) is 0. The van der Waals surface area contributed by atoms with E-state index in [9.17, 15) is 13.2 Å². The predicted octanol–water partition coefficient (Wildman–Crippen LogP) is 1.54. The van der Waals surface area contributed by atoms with Crippen LogP contribution in [0.15, 0.2) is 23.1 Å². The lowest BCUT2D eigenvalue weighted by Gasteiger charge is -2.16. The molecule has 0 heterocycles. The molecule has 1 aromatic rings. The molecule has 0 amide bonds. The summed E-state index contributed by atoms with van der Waals surface area (Å²) in [6.45, 7) is 6.27. The summed E-state index contributed by atoms with van der Waals surface area (Å²) in [5.41, 5.74) is 5.51. The van der Waals surface area contributed by atoms with E-state index in [4.69, 9.17) is 10.8 Å². The van der Waals surface area contributed by atoms with Crippen molar-refractivity contribution in [3.05, 3.63) is 23.8 Å². The van der Waals surface area contributed by atoms with Crippen LogP contribution in [0, 0.1) is 11.8 Å². The van der Waals surface area contributed by atoms with Crippen molar-refractivity contribution in [2.24, 2.45) is 11.8 Å². The molecule has 112 valence electrons. The molecule has 0 spiro atoms. The maximum Gasteiger partial charge on any atom is 0.335 e. The summed E-state index contributed by atoms with van der Waals surface area (Å²) in [5, 5.41) is 8.82. The second-order valence-electron chi connectivity index (χ2n) is 5.13. The van der Waals surface area contributed by atoms with Crippen LogP contribution in [0.5, 0.6) is 0 Å². The Morgan fingerprint density at radius 1 is 1.35 bits per heavy atom. The van der Waals surface area contributed by atoms with Crippen molar-refractivity contribution in [1.29, 1.82) is 0 Å². The minimum absolute atomic E-state index is 0.0444. The summed E-state index contributed by atoms with van der Waals surface area (Å²) >= 11 is 0. The summed E-state index contributed by atoms with van der Waals surface area (Å²) in [4.78, 5) is 10.7. The molecule has 0 aromatic heterocycles. The number of carboxylic acid groups (broad SMARTS) is 1. The Morgan fingerprint density at radius 2 is 1.95 bits per heavy atom. The Morgan fingerprint density at radius 3 is 2.40 bits per heavy atom. The molecule has 0 aliphatic rings. The molecule has 1 rings (SSSR count). The van der Waals surface area contributed by atoms with Gasteiger partial charge in [0.2, 0.25) is 10.0 Å². The monoisotopic (exact) mass is 300 g/mol. The van der Waals surface area contributed by atoms with Crippen molar-refractivity contribution in [2.75, 3.05) is 12.3 Å². The molecule has 1 aromatic carbocycles. The Kier molecular flexibility index (Phi) is 5.13. The average Bonchev–Trinajstić information content (AvgIpc) is 2.35. The fourth-order valence-corrected chi connectivity index (χ4v) is 2.74. The number of sulfonamides is 1. The van der Waals surface area contributed by atoms with Crippen molar-refractivity contribution in [1.82, 2.24) is 4.72 Å². The molecule has 7 heteroatoms. The van der Waals surface area contributed by atoms with Gasteiger partial charge < -0.3 is 10.8 Å². The van der Waals surface area contributed by atoms with E-state index < -0.39 is 16.0 Å². The van der Waals surface area contributed by atoms with Gasteiger partial charge in [-0.15, -0.1) is 0 Å². The number of hydrogen-bond acceptors (Lipinski definition) is 4. The van der Waals surface area contributed by atoms with Crippen LogP contribution in [0.25, 0.3) is 0 Å². The van der Waals surface area contributed by atoms with Gasteiger partial charge in [0.1, 0.15) is 4.90 Å². The van der Waals surface area contributed by atoms with Crippen LogP contribution >= 0.6 is 0 Å². The van der Waals surface area contributed by atoms with Gasteiger partial charge in [0.15, 0.2) is 0 Å². The number of hydrogen-bond donors (Lipinski definition) is 3. The number of nitrogen functional groups attached to an aromatic ring is 1. The number of aromatic carboxylic acids is 1. The van der Waals surface area contributed by atoms with Crippen LogP contribution in [0.3, 0.4) is 0 Å². The van der Waals surface area contributed by atoms with Crippen LogP contribution in [0.2, 0.25) is 0 Å². The van der Waals surface area contributed by atoms with Crippen molar-refractivity contribution >= 4 is 21.7 Å². The van der Waals surface area contributed by atoms with Crippen LogP contribution in [-0.4, -0.2) is 26.0 Å². The number of benzene rings is 1. The maximum atomic E-state index is 12.1. The Bertz CT molecular complexity index is 596. The zero-order valence-corrected chi connectivity index (χ0v) is 12.6. The smallest absolute Gasteiger partial charge is 0.335 e. The number of anilines is 1. The highest BCUT2D eigenvalue weighted by Crippen LogP contribution is 2.20. The van der Waals surface area contributed by atoms with Crippen molar-refractivity contribution < 1.29 is 18.3 Å². The highest BCUT2D eigenvalue weighted by molar-refractivity contribution is 7.89. The quantitative estimate of drug-likeness (QED) is 0.690. The maximum absolute atomic E-state index is 12.1. The zero-order valence-electron chi connectivity index (χ0n) is 11.8. The summed E-state index contributed by atoms with van der Waals surface area (Å²) in [5.74, 6) is -0.615. The van der Waals surface area contributed by atoms with Crippen LogP contribution < -0.4 is 10.5 Å². The Balaban J connectivity index is 2.96. The highest BCUT2D eigenvalue weighted by atomic mass is 32.2. The molecular formula is C13H20N2O4S. The van der Waals surface area contributed by atoms with Crippen LogP contribution in [0.4, 0.5) is 5.69 Å². The lowest BCUT2D eigenvalue weighted by molar-refractivity contribution is 0.0697. The number of nitrogens with one attached hydrogen (secondary N) is 1. The molecule has 4 N–H and O–H groups in total. The number of carboxylic acids is 1. The molecule has 0 saturated carbocycles. The third kappa shape index (κ3) is 3.94. The van der Waals surface area contributed by atoms with Gasteiger partial charge in [0.25, 0.3) is 0 Å². The number of rotatable bonds is 6. The number of carbonyl (C=O) groups is 1. The van der Waals surface area contributed by atoms with E-state index in [0.717, 1.165) is 6.07 Å². The SMILES string of the molecule is CC(C)C(C)CNS(=O)(=O)c1ccc(C(=O)O)cc1N. The first-order valence-electron chi connectivity index (χ1n) is 6.27. The Hall–Kier alpha value is -1.60. The molecule has 6 nitrogen and oxygen atoms in total. The van der Waals surface area contributed by atoms with E-state index >= 15 is 0 Å². The zero-order chi connectivity index (χ0) is 15.5. The first-order valence-corrected chi connectivity index (χ1v) is 7.76. The number of nitrogens with two attached hydrogens (primary N) is 1. The van der Waals surface area contributed by atoms with E-state index in [1.165, 1.54) is 12.1 Å². The van der Waals surface area contributed by atoms with E-state index in [1.54, 1.807) is 0 Å². The lowest BCUT2D eigenvalue weighted by atomic mass is 9.99. The van der Waals surface area contributed by atoms with Gasteiger partial charge >= 0.3 is 5.97 Å². The van der Waals surface area contributed by atoms with Gasteiger partial charge in [-0.1, -0.05) is 20.8 Å². The first kappa shape index (κ1) is 16.5. The van der Waals surface area contributed by atoms with E-state index in [-0.39, 0.29) is 22.1 Å². The topological polar surface area (TPSA) is 109 Å². The standard InChI is InChI=1S/C13H20N2O4S/c1-8(2)9(3)7-15-20(18,19)12-5-4-10(13(16)17)6-11(12)14/h4-6,8-9,15H,7,14H2,1-3H3,(H,16,17). The molecule has 1 atom stereocenters. The predicted molar refractivity (Wildman–Crippen MR) is 77.0 cm³/mol. The van der Waals surface area contributed by atoms with Gasteiger partial charge in [-0.2, -0.15) is 0 Å². The fraction of sp³-hybridized carbons (Fsp3) is 0.462. The highest BCUT2D eigenvalue weighted by Gasteiger charge is 2.20. The summed E-state index contributed by atoms with van der Waals surface area (Å²) in [6, 6.07) is 3.57. The van der Waals surface area contributed by atoms with E-state index in [1.807, 2.05) is 20.8 Å². The third-order valence-corrected chi connectivity index (χ3v) is 4.78. The molecular weight excluding hydrogens is 280 g/mol. The van der Waals surface area contributed by atoms with Crippen molar-refractivity contribution in [3.8, 4) is 0 Å². The van der Waals surface area contributed by atoms with Gasteiger partial charge in [-0.25, -0.2) is 17.9 Å². The van der Waals surface area contributed by atoms with Gasteiger partial charge in [-0.3, -0.25) is 0 Å². The summed E-state index contributed by atoms with van der Waals surface area (Å²) in [7, 11) is -3.73. The van der Waals surface area contributed by atoms with Gasteiger partial charge in [-0.05, 0) is 30.0 Å². The van der Waals surface area contributed by atoms with Gasteiger partial charge in [0, 0.05) is 6.54 Å². The molecule has 0 aliphatic carbocycles. The average molecular weight is 300 g/mol. The molecule has 20 heavy (non-hydrogen) atoms. The second kappa shape index (κ2) is 6.23. The molecule has 0 radical (unpaired) electrons. The molecule has 0 fully saturated rings.